The molecular formula is C14H17NO3. The number of methoxy groups -OCH3 is 2. The van der Waals surface area contributed by atoms with Gasteiger partial charge < -0.3 is 9.47 Å². The summed E-state index contributed by atoms with van der Waals surface area (Å²) >= 11 is 0. The van der Waals surface area contributed by atoms with Gasteiger partial charge in [0.15, 0.2) is 0 Å². The molecule has 0 unspecified atom stereocenters. The summed E-state index contributed by atoms with van der Waals surface area (Å²) in [5, 5.41) is 8.84. The number of nitrogens with zero attached hydrogens (tertiary/aromatic N) is 1. The van der Waals surface area contributed by atoms with Crippen LogP contribution in [0.3, 0.4) is 0 Å². The molecule has 1 aromatic rings. The zero-order chi connectivity index (χ0) is 13.5. The van der Waals surface area contributed by atoms with Crippen molar-refractivity contribution in [2.24, 2.45) is 0 Å². The summed E-state index contributed by atoms with van der Waals surface area (Å²) in [6, 6.07) is 5.89. The highest BCUT2D eigenvalue weighted by Gasteiger charge is 2.11. The predicted octanol–water partition coefficient (Wildman–Crippen LogP) is 2.18. The molecule has 96 valence electrons. The van der Waals surface area contributed by atoms with Gasteiger partial charge in [0.25, 0.3) is 0 Å². The Kier molecular flexibility index (Phi) is 5.19. The highest BCUT2D eigenvalue weighted by atomic mass is 16.5. The van der Waals surface area contributed by atoms with Gasteiger partial charge in [0.05, 0.1) is 26.7 Å². The number of ether oxygens (including phenoxy) is 2. The Morgan fingerprint density at radius 1 is 1.39 bits per heavy atom. The van der Waals surface area contributed by atoms with Crippen molar-refractivity contribution in [3.05, 3.63) is 28.8 Å². The fourth-order valence-electron chi connectivity index (χ4n) is 1.90. The van der Waals surface area contributed by atoms with E-state index in [9.17, 15) is 4.79 Å². The van der Waals surface area contributed by atoms with Gasteiger partial charge in [0, 0.05) is 6.42 Å². The monoisotopic (exact) mass is 247 g/mol. The third kappa shape index (κ3) is 3.49. The molecule has 0 saturated heterocycles. The van der Waals surface area contributed by atoms with Crippen molar-refractivity contribution in [3.63, 3.8) is 0 Å². The highest BCUT2D eigenvalue weighted by Crippen LogP contribution is 2.24. The van der Waals surface area contributed by atoms with Crippen molar-refractivity contribution >= 4 is 5.97 Å². The smallest absolute Gasteiger partial charge is 0.305 e. The molecule has 0 amide bonds. The maximum absolute atomic E-state index is 11.2. The molecule has 0 aliphatic heterocycles. The van der Waals surface area contributed by atoms with Crippen LogP contribution in [-0.4, -0.2) is 20.2 Å². The van der Waals surface area contributed by atoms with E-state index in [2.05, 4.69) is 10.8 Å². The van der Waals surface area contributed by atoms with Crippen LogP contribution < -0.4 is 4.74 Å². The van der Waals surface area contributed by atoms with Crippen LogP contribution in [0.4, 0.5) is 0 Å². The third-order valence-electron chi connectivity index (χ3n) is 2.85. The molecule has 1 aromatic carbocycles. The van der Waals surface area contributed by atoms with Crippen LogP contribution in [0.25, 0.3) is 0 Å². The normalized spacial score (nSPS) is 9.67. The third-order valence-corrected chi connectivity index (χ3v) is 2.85. The van der Waals surface area contributed by atoms with Gasteiger partial charge >= 0.3 is 5.97 Å². The first kappa shape index (κ1) is 14.0. The van der Waals surface area contributed by atoms with Gasteiger partial charge in [-0.1, -0.05) is 0 Å². The average molecular weight is 247 g/mol. The number of carbonyl (C=O) groups excluding carboxylic acids is 1. The molecule has 0 spiro atoms. The minimum absolute atomic E-state index is 0.242. The summed E-state index contributed by atoms with van der Waals surface area (Å²) in [7, 11) is 2.97. The van der Waals surface area contributed by atoms with Crippen molar-refractivity contribution < 1.29 is 14.3 Å². The lowest BCUT2D eigenvalue weighted by atomic mass is 9.95. The quantitative estimate of drug-likeness (QED) is 0.748. The largest absolute Gasteiger partial charge is 0.497 e. The number of rotatable bonds is 5. The molecule has 0 N–H and O–H groups in total. The number of aryl methyl sites for hydroxylation is 1. The zero-order valence-corrected chi connectivity index (χ0v) is 10.9. The van der Waals surface area contributed by atoms with Crippen LogP contribution in [0.1, 0.15) is 23.1 Å². The van der Waals surface area contributed by atoms with Crippen LogP contribution in [-0.2, 0) is 22.4 Å². The fraction of sp³-hybridized carbons (Fsp3) is 0.429. The van der Waals surface area contributed by atoms with E-state index in [1.165, 1.54) is 7.11 Å². The topological polar surface area (TPSA) is 59.3 Å². The van der Waals surface area contributed by atoms with Crippen molar-refractivity contribution in [3.8, 4) is 11.8 Å². The maximum atomic E-state index is 11.2. The molecule has 4 heteroatoms. The summed E-state index contributed by atoms with van der Waals surface area (Å²) in [4.78, 5) is 11.2. The molecule has 0 saturated carbocycles. The standard InChI is InChI=1S/C14H17NO3/c1-10-8-12(17-2)9-11(6-7-15)13(10)4-5-14(16)18-3/h8-9H,4-6H2,1-3H3. The number of hydrogen-bond acceptors (Lipinski definition) is 4. The molecule has 0 fully saturated rings. The second-order valence-electron chi connectivity index (χ2n) is 3.99. The van der Waals surface area contributed by atoms with E-state index < -0.39 is 0 Å². The van der Waals surface area contributed by atoms with Gasteiger partial charge in [-0.15, -0.1) is 0 Å². The molecule has 0 aliphatic carbocycles. The lowest BCUT2D eigenvalue weighted by molar-refractivity contribution is -0.140. The van der Waals surface area contributed by atoms with E-state index in [1.54, 1.807) is 7.11 Å². The molecule has 0 aromatic heterocycles. The SMILES string of the molecule is COC(=O)CCc1c(C)cc(OC)cc1CC#N. The second kappa shape index (κ2) is 6.65. The van der Waals surface area contributed by atoms with E-state index in [4.69, 9.17) is 10.00 Å². The van der Waals surface area contributed by atoms with Crippen molar-refractivity contribution in [2.75, 3.05) is 14.2 Å². The van der Waals surface area contributed by atoms with Crippen LogP contribution in [0, 0.1) is 18.3 Å². The first-order valence-electron chi connectivity index (χ1n) is 5.72. The van der Waals surface area contributed by atoms with Gasteiger partial charge in [-0.3, -0.25) is 4.79 Å². The molecule has 1 rings (SSSR count). The van der Waals surface area contributed by atoms with E-state index in [0.717, 1.165) is 22.4 Å². The van der Waals surface area contributed by atoms with Gasteiger partial charge in [-0.2, -0.15) is 5.26 Å². The van der Waals surface area contributed by atoms with Crippen LogP contribution in [0.15, 0.2) is 12.1 Å². The number of benzene rings is 1. The number of carbonyl (C=O) groups is 1. The first-order valence-corrected chi connectivity index (χ1v) is 5.72. The Morgan fingerprint density at radius 2 is 2.11 bits per heavy atom. The first-order chi connectivity index (χ1) is 8.62. The summed E-state index contributed by atoms with van der Waals surface area (Å²) in [6.07, 6.45) is 1.22. The summed E-state index contributed by atoms with van der Waals surface area (Å²) < 4.78 is 9.81. The van der Waals surface area contributed by atoms with E-state index in [0.29, 0.717) is 19.3 Å². The molecule has 0 aliphatic rings. The average Bonchev–Trinajstić information content (AvgIpc) is 2.37. The van der Waals surface area contributed by atoms with Crippen molar-refractivity contribution in [1.29, 1.82) is 5.26 Å². The van der Waals surface area contributed by atoms with Gasteiger partial charge in [-0.05, 0) is 42.2 Å². The molecule has 0 bridgehead atoms. The summed E-state index contributed by atoms with van der Waals surface area (Å²) in [5.41, 5.74) is 2.98. The van der Waals surface area contributed by atoms with Crippen molar-refractivity contribution in [2.45, 2.75) is 26.2 Å². The highest BCUT2D eigenvalue weighted by molar-refractivity contribution is 5.69. The molecule has 0 atom stereocenters. The summed E-state index contributed by atoms with van der Waals surface area (Å²) in [6.45, 7) is 1.95. The lowest BCUT2D eigenvalue weighted by Gasteiger charge is -2.12. The number of esters is 1. The molecule has 0 radical (unpaired) electrons. The zero-order valence-electron chi connectivity index (χ0n) is 10.9. The van der Waals surface area contributed by atoms with E-state index in [-0.39, 0.29) is 5.97 Å². The Hall–Kier alpha value is -2.02. The molecule has 18 heavy (non-hydrogen) atoms. The van der Waals surface area contributed by atoms with Crippen LogP contribution >= 0.6 is 0 Å². The lowest BCUT2D eigenvalue weighted by Crippen LogP contribution is -2.05. The van der Waals surface area contributed by atoms with Crippen LogP contribution in [0.5, 0.6) is 5.75 Å². The number of nitriles is 1. The van der Waals surface area contributed by atoms with E-state index >= 15 is 0 Å². The summed E-state index contributed by atoms with van der Waals surface area (Å²) in [5.74, 6) is 0.493. The Bertz CT molecular complexity index is 475. The van der Waals surface area contributed by atoms with Gasteiger partial charge in [0.1, 0.15) is 5.75 Å². The Labute approximate surface area is 107 Å². The number of hydrogen-bond donors (Lipinski definition) is 0. The van der Waals surface area contributed by atoms with Crippen LogP contribution in [0.2, 0.25) is 0 Å². The Balaban J connectivity index is 3.01. The molecule has 4 nitrogen and oxygen atoms in total. The van der Waals surface area contributed by atoms with Gasteiger partial charge in [0.2, 0.25) is 0 Å². The predicted molar refractivity (Wildman–Crippen MR) is 67.4 cm³/mol. The minimum atomic E-state index is -0.242. The molecule has 0 heterocycles. The van der Waals surface area contributed by atoms with Crippen molar-refractivity contribution in [1.82, 2.24) is 0 Å². The second-order valence-corrected chi connectivity index (χ2v) is 3.99. The molecular weight excluding hydrogens is 230 g/mol. The maximum Gasteiger partial charge on any atom is 0.305 e. The Morgan fingerprint density at radius 3 is 2.67 bits per heavy atom. The van der Waals surface area contributed by atoms with Gasteiger partial charge in [-0.25, -0.2) is 0 Å². The van der Waals surface area contributed by atoms with E-state index in [1.807, 2.05) is 19.1 Å². The fourth-order valence-corrected chi connectivity index (χ4v) is 1.90. The minimum Gasteiger partial charge on any atom is -0.497 e.